The Labute approximate surface area is 162 Å². The van der Waals surface area contributed by atoms with Crippen LogP contribution >= 0.6 is 0 Å². The highest BCUT2D eigenvalue weighted by molar-refractivity contribution is 7.87. The number of alkyl halides is 3. The molecule has 1 aliphatic rings. The number of ether oxygens (including phenoxy) is 1. The number of halogens is 3. The van der Waals surface area contributed by atoms with Gasteiger partial charge in [0.05, 0.1) is 6.04 Å². The first-order valence-electron chi connectivity index (χ1n) is 8.50. The van der Waals surface area contributed by atoms with E-state index in [0.717, 1.165) is 5.56 Å². The Morgan fingerprint density at radius 2 is 1.79 bits per heavy atom. The van der Waals surface area contributed by atoms with E-state index < -0.39 is 33.2 Å². The third-order valence-corrected chi connectivity index (χ3v) is 5.11. The molecule has 0 radical (unpaired) electrons. The number of hydrogen-bond acceptors (Lipinski definition) is 5. The van der Waals surface area contributed by atoms with Gasteiger partial charge in [0, 0.05) is 13.0 Å². The van der Waals surface area contributed by atoms with Crippen LogP contribution in [-0.2, 0) is 25.6 Å². The van der Waals surface area contributed by atoms with Gasteiger partial charge in [0.2, 0.25) is 0 Å². The summed E-state index contributed by atoms with van der Waals surface area (Å²) in [5.41, 5.74) is -5.32. The molecule has 1 aromatic rings. The average molecular weight is 421 g/mol. The second-order valence-corrected chi connectivity index (χ2v) is 8.95. The predicted molar refractivity (Wildman–Crippen MR) is 95.3 cm³/mol. The van der Waals surface area contributed by atoms with Crippen molar-refractivity contribution >= 4 is 16.2 Å². The van der Waals surface area contributed by atoms with Crippen LogP contribution in [0.1, 0.15) is 32.8 Å². The average Bonchev–Trinajstić information content (AvgIpc) is 2.58. The zero-order valence-corrected chi connectivity index (χ0v) is 16.5. The van der Waals surface area contributed by atoms with E-state index in [1.165, 1.54) is 11.0 Å². The molecule has 0 aliphatic carbocycles. The van der Waals surface area contributed by atoms with Crippen LogP contribution in [0.15, 0.2) is 42.2 Å². The van der Waals surface area contributed by atoms with Gasteiger partial charge < -0.3 is 13.8 Å². The normalized spacial score (nSPS) is 18.4. The monoisotopic (exact) mass is 421 g/mol. The fourth-order valence-electron chi connectivity index (χ4n) is 2.70. The van der Waals surface area contributed by atoms with Gasteiger partial charge in [-0.2, -0.15) is 21.6 Å². The van der Waals surface area contributed by atoms with Gasteiger partial charge in [0.1, 0.15) is 12.4 Å². The van der Waals surface area contributed by atoms with Gasteiger partial charge in [-0.3, -0.25) is 0 Å². The highest BCUT2D eigenvalue weighted by Gasteiger charge is 2.49. The van der Waals surface area contributed by atoms with E-state index in [1.807, 2.05) is 6.07 Å². The van der Waals surface area contributed by atoms with Crippen molar-refractivity contribution in [2.24, 2.45) is 5.41 Å². The summed E-state index contributed by atoms with van der Waals surface area (Å²) < 4.78 is 69.8. The Bertz CT molecular complexity index is 829. The maximum atomic E-state index is 12.6. The molecule has 0 fully saturated rings. The molecule has 28 heavy (non-hydrogen) atoms. The lowest BCUT2D eigenvalue weighted by Crippen LogP contribution is -2.49. The van der Waals surface area contributed by atoms with E-state index in [1.54, 1.807) is 45.0 Å². The summed E-state index contributed by atoms with van der Waals surface area (Å²) in [6, 6.07) is 8.30. The molecule has 1 aromatic carbocycles. The minimum Gasteiger partial charge on any atom is -0.445 e. The number of amides is 1. The number of nitrogens with zero attached hydrogens (tertiary/aromatic N) is 1. The zero-order chi connectivity index (χ0) is 21.2. The molecule has 0 aromatic heterocycles. The molecule has 1 atom stereocenters. The minimum atomic E-state index is -5.75. The molecular weight excluding hydrogens is 399 g/mol. The van der Waals surface area contributed by atoms with Gasteiger partial charge in [-0.05, 0) is 17.1 Å². The van der Waals surface area contributed by atoms with E-state index in [4.69, 9.17) is 4.74 Å². The first-order valence-corrected chi connectivity index (χ1v) is 9.91. The first kappa shape index (κ1) is 22.1. The third-order valence-electron chi connectivity index (χ3n) is 4.11. The second-order valence-electron chi connectivity index (χ2n) is 7.41. The minimum absolute atomic E-state index is 0.0330. The Morgan fingerprint density at radius 3 is 2.32 bits per heavy atom. The van der Waals surface area contributed by atoms with Gasteiger partial charge in [0.15, 0.2) is 0 Å². The predicted octanol–water partition coefficient (Wildman–Crippen LogP) is 4.19. The van der Waals surface area contributed by atoms with Crippen molar-refractivity contribution in [1.29, 1.82) is 0 Å². The van der Waals surface area contributed by atoms with E-state index in [9.17, 15) is 26.4 Å². The Kier molecular flexibility index (Phi) is 6.32. The molecule has 10 heteroatoms. The number of carbonyl (C=O) groups excluding carboxylic acids is 1. The van der Waals surface area contributed by atoms with Crippen LogP contribution in [0, 0.1) is 5.41 Å². The van der Waals surface area contributed by atoms with E-state index in [0.29, 0.717) is 0 Å². The fourth-order valence-corrected chi connectivity index (χ4v) is 3.22. The molecule has 0 saturated carbocycles. The summed E-state index contributed by atoms with van der Waals surface area (Å²) in [6.07, 6.45) is 0.413. The zero-order valence-electron chi connectivity index (χ0n) is 15.7. The Balaban J connectivity index is 2.16. The van der Waals surface area contributed by atoms with Gasteiger partial charge in [-0.15, -0.1) is 0 Å². The van der Waals surface area contributed by atoms with Crippen LogP contribution in [0.3, 0.4) is 0 Å². The van der Waals surface area contributed by atoms with E-state index >= 15 is 0 Å². The molecule has 0 spiro atoms. The molecule has 1 heterocycles. The molecule has 1 aliphatic heterocycles. The highest BCUT2D eigenvalue weighted by Crippen LogP contribution is 2.34. The molecule has 1 unspecified atom stereocenters. The maximum absolute atomic E-state index is 12.6. The molecule has 2 rings (SSSR count). The third kappa shape index (κ3) is 5.40. The van der Waals surface area contributed by atoms with Crippen molar-refractivity contribution in [2.75, 3.05) is 6.54 Å². The largest absolute Gasteiger partial charge is 0.534 e. The number of rotatable bonds is 4. The summed E-state index contributed by atoms with van der Waals surface area (Å²) >= 11 is 0. The number of carbonyl (C=O) groups is 1. The van der Waals surface area contributed by atoms with Crippen molar-refractivity contribution in [2.45, 2.75) is 45.3 Å². The topological polar surface area (TPSA) is 72.9 Å². The molecular formula is C18H22F3NO5S. The van der Waals surface area contributed by atoms with Crippen molar-refractivity contribution in [3.8, 4) is 0 Å². The fraction of sp³-hybridized carbons (Fsp3) is 0.500. The molecule has 0 N–H and O–H groups in total. The van der Waals surface area contributed by atoms with Crippen LogP contribution in [0.25, 0.3) is 0 Å². The van der Waals surface area contributed by atoms with Gasteiger partial charge in [0.25, 0.3) is 0 Å². The highest BCUT2D eigenvalue weighted by atomic mass is 32.2. The lowest BCUT2D eigenvalue weighted by molar-refractivity contribution is -0.0527. The smallest absolute Gasteiger partial charge is 0.445 e. The summed E-state index contributed by atoms with van der Waals surface area (Å²) in [6.45, 7) is 5.32. The van der Waals surface area contributed by atoms with Gasteiger partial charge in [-0.1, -0.05) is 51.1 Å². The SMILES string of the molecule is CC(C)(C)C1C=C(OS(=O)(=O)C(F)(F)F)CCN1C(=O)OCc1ccccc1. The number of hydrogen-bond donors (Lipinski definition) is 0. The second kappa shape index (κ2) is 8.02. The lowest BCUT2D eigenvalue weighted by atomic mass is 9.83. The van der Waals surface area contributed by atoms with Crippen LogP contribution in [0.5, 0.6) is 0 Å². The Morgan fingerprint density at radius 1 is 1.18 bits per heavy atom. The molecule has 6 nitrogen and oxygen atoms in total. The van der Waals surface area contributed by atoms with Gasteiger partial charge >= 0.3 is 21.7 Å². The quantitative estimate of drug-likeness (QED) is 0.538. The van der Waals surface area contributed by atoms with Crippen molar-refractivity contribution < 1.29 is 35.3 Å². The summed E-state index contributed by atoms with van der Waals surface area (Å²) in [7, 11) is -5.75. The standard InChI is InChI=1S/C18H22F3NO5S/c1-17(2,3)15-11-14(27-28(24,25)18(19,20)21)9-10-22(15)16(23)26-12-13-7-5-4-6-8-13/h4-8,11,15H,9-10,12H2,1-3H3. The first-order chi connectivity index (χ1) is 12.8. The molecule has 1 amide bonds. The van der Waals surface area contributed by atoms with Crippen molar-refractivity contribution in [3.05, 3.63) is 47.7 Å². The maximum Gasteiger partial charge on any atom is 0.534 e. The van der Waals surface area contributed by atoms with Crippen LogP contribution in [0.2, 0.25) is 0 Å². The Hall–Kier alpha value is -2.23. The van der Waals surface area contributed by atoms with Crippen LogP contribution in [-0.4, -0.2) is 37.5 Å². The summed E-state index contributed by atoms with van der Waals surface area (Å²) in [5.74, 6) is -0.343. The van der Waals surface area contributed by atoms with E-state index in [-0.39, 0.29) is 25.3 Å². The molecule has 0 saturated heterocycles. The van der Waals surface area contributed by atoms with E-state index in [2.05, 4.69) is 4.18 Å². The van der Waals surface area contributed by atoms with Crippen molar-refractivity contribution in [3.63, 3.8) is 0 Å². The number of benzene rings is 1. The van der Waals surface area contributed by atoms with Gasteiger partial charge in [-0.25, -0.2) is 4.79 Å². The summed E-state index contributed by atoms with van der Waals surface area (Å²) in [5, 5.41) is 0. The van der Waals surface area contributed by atoms with Crippen LogP contribution < -0.4 is 0 Å². The molecule has 156 valence electrons. The van der Waals surface area contributed by atoms with Crippen LogP contribution in [0.4, 0.5) is 18.0 Å². The summed E-state index contributed by atoms with van der Waals surface area (Å²) in [4.78, 5) is 13.9. The molecule has 0 bridgehead atoms. The lowest BCUT2D eigenvalue weighted by Gasteiger charge is -2.40. The van der Waals surface area contributed by atoms with Crippen molar-refractivity contribution in [1.82, 2.24) is 4.90 Å².